The molecule has 0 radical (unpaired) electrons. The van der Waals surface area contributed by atoms with Crippen molar-refractivity contribution in [2.75, 3.05) is 12.0 Å². The number of allylic oxidation sites excluding steroid dienone is 1. The second-order valence-electron chi connectivity index (χ2n) is 3.03. The highest BCUT2D eigenvalue weighted by Gasteiger charge is 1.90. The van der Waals surface area contributed by atoms with Gasteiger partial charge >= 0.3 is 0 Å². The summed E-state index contributed by atoms with van der Waals surface area (Å²) >= 11 is 0. The van der Waals surface area contributed by atoms with Crippen molar-refractivity contribution < 1.29 is 4.74 Å². The number of aryl methyl sites for hydroxylation is 1. The molecule has 0 saturated carbocycles. The summed E-state index contributed by atoms with van der Waals surface area (Å²) in [6.07, 6.45) is 0. The number of nitrogens with one attached hydrogen (secondary N) is 1. The summed E-state index contributed by atoms with van der Waals surface area (Å²) in [5.41, 5.74) is 2.32. The minimum atomic E-state index is 0.471. The molecular formula is C11H15NO. The first kappa shape index (κ1) is 9.65. The third-order valence-corrected chi connectivity index (χ3v) is 1.65. The zero-order valence-corrected chi connectivity index (χ0v) is 8.13. The molecule has 0 aromatic heterocycles. The summed E-state index contributed by atoms with van der Waals surface area (Å²) < 4.78 is 5.17. The van der Waals surface area contributed by atoms with Crippen molar-refractivity contribution in [2.24, 2.45) is 0 Å². The van der Waals surface area contributed by atoms with Gasteiger partial charge in [0.05, 0.1) is 5.76 Å². The molecule has 0 heterocycles. The van der Waals surface area contributed by atoms with Crippen LogP contribution in [0.2, 0.25) is 0 Å². The molecule has 0 aliphatic heterocycles. The van der Waals surface area contributed by atoms with Crippen LogP contribution >= 0.6 is 0 Å². The topological polar surface area (TPSA) is 21.3 Å². The number of hydrogen-bond acceptors (Lipinski definition) is 2. The Labute approximate surface area is 79.2 Å². The van der Waals surface area contributed by atoms with E-state index in [-0.39, 0.29) is 0 Å². The van der Waals surface area contributed by atoms with Crippen LogP contribution < -0.4 is 5.32 Å². The lowest BCUT2D eigenvalue weighted by Crippen LogP contribution is -2.04. The third-order valence-electron chi connectivity index (χ3n) is 1.65. The van der Waals surface area contributed by atoms with Crippen molar-refractivity contribution in [3.63, 3.8) is 0 Å². The first-order valence-electron chi connectivity index (χ1n) is 4.27. The number of ether oxygens (including phenoxy) is 1. The van der Waals surface area contributed by atoms with Crippen LogP contribution in [0, 0.1) is 6.92 Å². The highest BCUT2D eigenvalue weighted by Crippen LogP contribution is 2.08. The fourth-order valence-corrected chi connectivity index (χ4v) is 0.914. The maximum Gasteiger partial charge on any atom is 0.158 e. The Balaban J connectivity index is 2.37. The molecule has 70 valence electrons. The van der Waals surface area contributed by atoms with Crippen molar-refractivity contribution in [2.45, 2.75) is 13.8 Å². The van der Waals surface area contributed by atoms with Crippen molar-refractivity contribution in [1.29, 1.82) is 0 Å². The van der Waals surface area contributed by atoms with Crippen LogP contribution in [0.4, 0.5) is 5.69 Å². The Morgan fingerprint density at radius 3 is 2.54 bits per heavy atom. The number of benzene rings is 1. The van der Waals surface area contributed by atoms with Gasteiger partial charge in [0.1, 0.15) is 0 Å². The molecule has 0 aliphatic rings. The smallest absolute Gasteiger partial charge is 0.158 e. The van der Waals surface area contributed by atoms with Crippen LogP contribution in [0.3, 0.4) is 0 Å². The Bertz CT molecular complexity index is 277. The molecule has 0 spiro atoms. The predicted octanol–water partition coefficient (Wildman–Crippen LogP) is 2.91. The molecule has 13 heavy (non-hydrogen) atoms. The molecule has 0 amide bonds. The maximum absolute atomic E-state index is 5.17. The second kappa shape index (κ2) is 4.55. The van der Waals surface area contributed by atoms with Gasteiger partial charge in [-0.15, -0.1) is 0 Å². The molecule has 1 rings (SSSR count). The van der Waals surface area contributed by atoms with E-state index in [1.807, 2.05) is 19.1 Å². The molecule has 0 unspecified atom stereocenters. The summed E-state index contributed by atoms with van der Waals surface area (Å²) in [4.78, 5) is 0. The monoisotopic (exact) mass is 177 g/mol. The Morgan fingerprint density at radius 1 is 1.38 bits per heavy atom. The van der Waals surface area contributed by atoms with Crippen LogP contribution in [0.15, 0.2) is 36.6 Å². The molecule has 0 fully saturated rings. The van der Waals surface area contributed by atoms with Gasteiger partial charge in [0.2, 0.25) is 0 Å². The highest BCUT2D eigenvalue weighted by molar-refractivity contribution is 5.43. The standard InChI is InChI=1S/C11H15NO/c1-9(2)13-8-12-11-6-4-10(3)5-7-11/h4-7,12H,1,8H2,2-3H3. The normalized spacial score (nSPS) is 9.38. The van der Waals surface area contributed by atoms with E-state index in [9.17, 15) is 0 Å². The summed E-state index contributed by atoms with van der Waals surface area (Å²) in [5.74, 6) is 0.722. The van der Waals surface area contributed by atoms with Crippen LogP contribution in [0.1, 0.15) is 12.5 Å². The molecule has 0 bridgehead atoms. The van der Waals surface area contributed by atoms with Gasteiger partial charge in [0.15, 0.2) is 6.73 Å². The van der Waals surface area contributed by atoms with Crippen LogP contribution in [0.5, 0.6) is 0 Å². The summed E-state index contributed by atoms with van der Waals surface area (Å²) in [6, 6.07) is 8.17. The van der Waals surface area contributed by atoms with E-state index in [1.165, 1.54) is 5.56 Å². The summed E-state index contributed by atoms with van der Waals surface area (Å²) in [5, 5.41) is 3.12. The van der Waals surface area contributed by atoms with Gasteiger partial charge in [-0.3, -0.25) is 0 Å². The van der Waals surface area contributed by atoms with E-state index in [2.05, 4.69) is 31.0 Å². The highest BCUT2D eigenvalue weighted by atomic mass is 16.5. The largest absolute Gasteiger partial charge is 0.479 e. The second-order valence-corrected chi connectivity index (χ2v) is 3.03. The lowest BCUT2D eigenvalue weighted by atomic mass is 10.2. The van der Waals surface area contributed by atoms with E-state index < -0.39 is 0 Å². The SMILES string of the molecule is C=C(C)OCNc1ccc(C)cc1. The van der Waals surface area contributed by atoms with Crippen molar-refractivity contribution >= 4 is 5.69 Å². The maximum atomic E-state index is 5.17. The molecule has 1 aromatic rings. The fourth-order valence-electron chi connectivity index (χ4n) is 0.914. The Hall–Kier alpha value is -1.44. The van der Waals surface area contributed by atoms with Gasteiger partial charge in [-0.05, 0) is 26.0 Å². The lowest BCUT2D eigenvalue weighted by molar-refractivity contribution is 0.239. The van der Waals surface area contributed by atoms with Gasteiger partial charge in [0.25, 0.3) is 0 Å². The fraction of sp³-hybridized carbons (Fsp3) is 0.273. The molecule has 2 nitrogen and oxygen atoms in total. The molecular weight excluding hydrogens is 162 g/mol. The number of rotatable bonds is 4. The van der Waals surface area contributed by atoms with E-state index in [1.54, 1.807) is 0 Å². The molecule has 0 atom stereocenters. The van der Waals surface area contributed by atoms with Gasteiger partial charge in [0, 0.05) is 5.69 Å². The van der Waals surface area contributed by atoms with E-state index >= 15 is 0 Å². The van der Waals surface area contributed by atoms with Gasteiger partial charge in [-0.25, -0.2) is 0 Å². The average Bonchev–Trinajstić information content (AvgIpc) is 2.08. The van der Waals surface area contributed by atoms with Gasteiger partial charge in [-0.2, -0.15) is 0 Å². The zero-order chi connectivity index (χ0) is 9.68. The van der Waals surface area contributed by atoms with Crippen LogP contribution in [-0.2, 0) is 4.74 Å². The molecule has 0 saturated heterocycles. The molecule has 1 aromatic carbocycles. The predicted molar refractivity (Wildman–Crippen MR) is 55.6 cm³/mol. The Kier molecular flexibility index (Phi) is 3.38. The third kappa shape index (κ3) is 3.65. The quantitative estimate of drug-likeness (QED) is 0.564. The van der Waals surface area contributed by atoms with Crippen LogP contribution in [-0.4, -0.2) is 6.73 Å². The molecule has 0 aliphatic carbocycles. The van der Waals surface area contributed by atoms with E-state index in [0.29, 0.717) is 6.73 Å². The summed E-state index contributed by atoms with van der Waals surface area (Å²) in [6.45, 7) is 8.00. The van der Waals surface area contributed by atoms with Crippen molar-refractivity contribution in [3.8, 4) is 0 Å². The minimum absolute atomic E-state index is 0.471. The van der Waals surface area contributed by atoms with Crippen molar-refractivity contribution in [1.82, 2.24) is 0 Å². The van der Waals surface area contributed by atoms with Crippen LogP contribution in [0.25, 0.3) is 0 Å². The molecule has 1 N–H and O–H groups in total. The van der Waals surface area contributed by atoms with Gasteiger partial charge in [-0.1, -0.05) is 24.3 Å². The van der Waals surface area contributed by atoms with Gasteiger partial charge < -0.3 is 10.1 Å². The average molecular weight is 177 g/mol. The zero-order valence-electron chi connectivity index (χ0n) is 8.13. The van der Waals surface area contributed by atoms with E-state index in [0.717, 1.165) is 11.4 Å². The minimum Gasteiger partial charge on any atom is -0.479 e. The number of anilines is 1. The van der Waals surface area contributed by atoms with Crippen molar-refractivity contribution in [3.05, 3.63) is 42.2 Å². The summed E-state index contributed by atoms with van der Waals surface area (Å²) in [7, 11) is 0. The first-order valence-corrected chi connectivity index (χ1v) is 4.27. The van der Waals surface area contributed by atoms with E-state index in [4.69, 9.17) is 4.74 Å². The lowest BCUT2D eigenvalue weighted by Gasteiger charge is -2.08. The number of hydrogen-bond donors (Lipinski definition) is 1. The molecule has 2 heteroatoms. The Morgan fingerprint density at radius 2 is 2.00 bits per heavy atom. The first-order chi connectivity index (χ1) is 6.18.